The average molecular weight is 170 g/mol. The number of hydrogen-bond donors (Lipinski definition) is 0. The van der Waals surface area contributed by atoms with Crippen molar-refractivity contribution in [1.29, 1.82) is 0 Å². The molecular formula is C8H10O2S. The maximum atomic E-state index is 11.3. The maximum absolute atomic E-state index is 11.3. The van der Waals surface area contributed by atoms with Gasteiger partial charge in [0.1, 0.15) is 0 Å². The molecule has 2 rings (SSSR count). The normalized spacial score (nSPS) is 36.2. The van der Waals surface area contributed by atoms with Crippen LogP contribution in [0.15, 0.2) is 12.3 Å². The summed E-state index contributed by atoms with van der Waals surface area (Å²) in [5.41, 5.74) is -0.455. The van der Waals surface area contributed by atoms with Crippen LogP contribution in [-0.2, 0) is 9.53 Å². The summed E-state index contributed by atoms with van der Waals surface area (Å²) in [6, 6.07) is 0. The van der Waals surface area contributed by atoms with Gasteiger partial charge in [0.15, 0.2) is 5.60 Å². The summed E-state index contributed by atoms with van der Waals surface area (Å²) >= 11 is 1.81. The lowest BCUT2D eigenvalue weighted by Crippen LogP contribution is -2.41. The van der Waals surface area contributed by atoms with E-state index in [2.05, 4.69) is 0 Å². The number of ketones is 1. The zero-order valence-corrected chi connectivity index (χ0v) is 7.02. The van der Waals surface area contributed by atoms with Crippen molar-refractivity contribution >= 4 is 17.5 Å². The van der Waals surface area contributed by atoms with Crippen LogP contribution in [0.25, 0.3) is 0 Å². The fraction of sp³-hybridized carbons (Fsp3) is 0.625. The highest BCUT2D eigenvalue weighted by molar-refractivity contribution is 7.99. The van der Waals surface area contributed by atoms with Gasteiger partial charge in [-0.1, -0.05) is 0 Å². The first-order chi connectivity index (χ1) is 5.33. The van der Waals surface area contributed by atoms with Crippen molar-refractivity contribution in [3.63, 3.8) is 0 Å². The third-order valence-corrected chi connectivity index (χ3v) is 3.41. The minimum atomic E-state index is -0.455. The summed E-state index contributed by atoms with van der Waals surface area (Å²) in [4.78, 5) is 11.3. The van der Waals surface area contributed by atoms with E-state index in [4.69, 9.17) is 4.74 Å². The molecule has 1 atom stereocenters. The monoisotopic (exact) mass is 170 g/mol. The van der Waals surface area contributed by atoms with Gasteiger partial charge in [0.25, 0.3) is 0 Å². The van der Waals surface area contributed by atoms with Crippen molar-refractivity contribution in [3.05, 3.63) is 12.3 Å². The van der Waals surface area contributed by atoms with Crippen LogP contribution in [0.4, 0.5) is 0 Å². The lowest BCUT2D eigenvalue weighted by atomic mass is 9.96. The Kier molecular flexibility index (Phi) is 1.68. The second-order valence-electron chi connectivity index (χ2n) is 2.94. The molecule has 2 aliphatic rings. The molecule has 0 bridgehead atoms. The van der Waals surface area contributed by atoms with Crippen LogP contribution in [0.5, 0.6) is 0 Å². The molecule has 2 nitrogen and oxygen atoms in total. The van der Waals surface area contributed by atoms with Crippen LogP contribution in [0.3, 0.4) is 0 Å². The summed E-state index contributed by atoms with van der Waals surface area (Å²) in [7, 11) is 0. The molecule has 3 heteroatoms. The first-order valence-corrected chi connectivity index (χ1v) is 4.96. The van der Waals surface area contributed by atoms with Crippen molar-refractivity contribution in [2.75, 3.05) is 11.5 Å². The zero-order chi connectivity index (χ0) is 7.73. The Hall–Kier alpha value is -0.440. The Morgan fingerprint density at radius 3 is 3.09 bits per heavy atom. The van der Waals surface area contributed by atoms with Crippen LogP contribution < -0.4 is 0 Å². The highest BCUT2D eigenvalue weighted by atomic mass is 32.2. The standard InChI is InChI=1S/C8H10O2S/c9-7-2-4-10-8(7)3-1-5-11-6-8/h2,4H,1,3,5-6H2. The van der Waals surface area contributed by atoms with Crippen LogP contribution in [-0.4, -0.2) is 22.9 Å². The van der Waals surface area contributed by atoms with Crippen LogP contribution >= 0.6 is 11.8 Å². The molecule has 2 heterocycles. The summed E-state index contributed by atoms with van der Waals surface area (Å²) in [5.74, 6) is 2.15. The predicted molar refractivity (Wildman–Crippen MR) is 44.5 cm³/mol. The molecule has 0 aromatic carbocycles. The second-order valence-corrected chi connectivity index (χ2v) is 4.04. The van der Waals surface area contributed by atoms with E-state index in [1.165, 1.54) is 12.0 Å². The molecule has 1 spiro atoms. The van der Waals surface area contributed by atoms with Crippen molar-refractivity contribution in [1.82, 2.24) is 0 Å². The molecule has 11 heavy (non-hydrogen) atoms. The van der Waals surface area contributed by atoms with Crippen molar-refractivity contribution in [2.45, 2.75) is 18.4 Å². The van der Waals surface area contributed by atoms with Gasteiger partial charge in [-0.25, -0.2) is 0 Å². The highest BCUT2D eigenvalue weighted by Crippen LogP contribution is 2.34. The van der Waals surface area contributed by atoms with Gasteiger partial charge in [-0.05, 0) is 18.6 Å². The van der Waals surface area contributed by atoms with Gasteiger partial charge in [-0.2, -0.15) is 11.8 Å². The zero-order valence-electron chi connectivity index (χ0n) is 6.21. The van der Waals surface area contributed by atoms with E-state index in [1.807, 2.05) is 11.8 Å². The second kappa shape index (κ2) is 2.55. The summed E-state index contributed by atoms with van der Waals surface area (Å²) in [5, 5.41) is 0. The minimum absolute atomic E-state index is 0.157. The molecule has 0 N–H and O–H groups in total. The largest absolute Gasteiger partial charge is 0.486 e. The third-order valence-electron chi connectivity index (χ3n) is 2.17. The molecule has 0 radical (unpaired) electrons. The van der Waals surface area contributed by atoms with E-state index in [0.29, 0.717) is 0 Å². The molecule has 0 saturated carbocycles. The summed E-state index contributed by atoms with van der Waals surface area (Å²) in [6.07, 6.45) is 5.07. The Morgan fingerprint density at radius 2 is 2.55 bits per heavy atom. The van der Waals surface area contributed by atoms with Gasteiger partial charge in [-0.15, -0.1) is 0 Å². The fourth-order valence-corrected chi connectivity index (χ4v) is 2.67. The first kappa shape index (κ1) is 7.22. The highest BCUT2D eigenvalue weighted by Gasteiger charge is 2.42. The number of carbonyl (C=O) groups excluding carboxylic acids is 1. The molecule has 2 aliphatic heterocycles. The van der Waals surface area contributed by atoms with Crippen LogP contribution in [0.2, 0.25) is 0 Å². The number of hydrogen-bond acceptors (Lipinski definition) is 3. The van der Waals surface area contributed by atoms with Gasteiger partial charge in [0, 0.05) is 11.8 Å². The maximum Gasteiger partial charge on any atom is 0.203 e. The lowest BCUT2D eigenvalue weighted by molar-refractivity contribution is -0.128. The average Bonchev–Trinajstić information content (AvgIpc) is 2.36. The van der Waals surface area contributed by atoms with Gasteiger partial charge in [0.2, 0.25) is 5.78 Å². The predicted octanol–water partition coefficient (Wildman–Crippen LogP) is 1.37. The Balaban J connectivity index is 2.15. The lowest BCUT2D eigenvalue weighted by Gasteiger charge is -2.30. The molecule has 0 aliphatic carbocycles. The third kappa shape index (κ3) is 1.07. The minimum Gasteiger partial charge on any atom is -0.486 e. The molecule has 60 valence electrons. The Labute approximate surface area is 70.0 Å². The van der Waals surface area contributed by atoms with Crippen molar-refractivity contribution in [3.8, 4) is 0 Å². The van der Waals surface area contributed by atoms with Gasteiger partial charge < -0.3 is 4.74 Å². The van der Waals surface area contributed by atoms with E-state index in [0.717, 1.165) is 18.6 Å². The number of ether oxygens (including phenoxy) is 1. The van der Waals surface area contributed by atoms with E-state index in [9.17, 15) is 4.79 Å². The molecule has 0 aromatic rings. The number of carbonyl (C=O) groups is 1. The molecule has 0 amide bonds. The topological polar surface area (TPSA) is 26.3 Å². The van der Waals surface area contributed by atoms with E-state index < -0.39 is 5.60 Å². The van der Waals surface area contributed by atoms with E-state index >= 15 is 0 Å². The van der Waals surface area contributed by atoms with E-state index in [-0.39, 0.29) is 5.78 Å². The molecule has 1 fully saturated rings. The number of rotatable bonds is 0. The summed E-state index contributed by atoms with van der Waals surface area (Å²) < 4.78 is 5.34. The molecule has 1 saturated heterocycles. The molecule has 1 unspecified atom stereocenters. The summed E-state index contributed by atoms with van der Waals surface area (Å²) in [6.45, 7) is 0. The smallest absolute Gasteiger partial charge is 0.203 e. The van der Waals surface area contributed by atoms with Crippen molar-refractivity contribution in [2.24, 2.45) is 0 Å². The Bertz CT molecular complexity index is 204. The van der Waals surface area contributed by atoms with Crippen molar-refractivity contribution < 1.29 is 9.53 Å². The molecule has 0 aromatic heterocycles. The number of thioether (sulfide) groups is 1. The van der Waals surface area contributed by atoms with Crippen LogP contribution in [0.1, 0.15) is 12.8 Å². The SMILES string of the molecule is O=C1C=COC12CCCSC2. The molecular weight excluding hydrogens is 160 g/mol. The van der Waals surface area contributed by atoms with Gasteiger partial charge >= 0.3 is 0 Å². The fourth-order valence-electron chi connectivity index (χ4n) is 1.49. The first-order valence-electron chi connectivity index (χ1n) is 3.80. The van der Waals surface area contributed by atoms with E-state index in [1.54, 1.807) is 6.08 Å². The Morgan fingerprint density at radius 1 is 1.64 bits per heavy atom. The quantitative estimate of drug-likeness (QED) is 0.549. The van der Waals surface area contributed by atoms with Gasteiger partial charge in [-0.3, -0.25) is 4.79 Å². The van der Waals surface area contributed by atoms with Crippen LogP contribution in [0, 0.1) is 0 Å². The van der Waals surface area contributed by atoms with Gasteiger partial charge in [0.05, 0.1) is 6.26 Å².